The zero-order chi connectivity index (χ0) is 24.2. The molecule has 0 amide bonds. The van der Waals surface area contributed by atoms with Crippen LogP contribution < -0.4 is 0 Å². The maximum atomic E-state index is 11.9. The Labute approximate surface area is 203 Å². The molecule has 5 aliphatic rings. The summed E-state index contributed by atoms with van der Waals surface area (Å²) in [6.45, 7) is 22.0. The maximum absolute atomic E-state index is 11.9. The van der Waals surface area contributed by atoms with Gasteiger partial charge in [-0.2, -0.15) is 0 Å². The summed E-state index contributed by atoms with van der Waals surface area (Å²) in [5.74, 6) is 2.02. The second kappa shape index (κ2) is 6.91. The lowest BCUT2D eigenvalue weighted by Gasteiger charge is -2.68. The highest BCUT2D eigenvalue weighted by Crippen LogP contribution is 2.77. The molecular weight excluding hydrogens is 404 g/mol. The second-order valence-corrected chi connectivity index (χ2v) is 15.5. The van der Waals surface area contributed by atoms with Crippen LogP contribution in [0.1, 0.15) is 120 Å². The van der Waals surface area contributed by atoms with Gasteiger partial charge in [-0.15, -0.1) is 0 Å². The van der Waals surface area contributed by atoms with Crippen molar-refractivity contribution < 1.29 is 9.53 Å². The Kier molecular flexibility index (Phi) is 5.01. The quantitative estimate of drug-likeness (QED) is 0.294. The molecular formula is C31H50O2. The molecule has 0 unspecified atom stereocenters. The molecule has 0 bridgehead atoms. The van der Waals surface area contributed by atoms with E-state index in [0.717, 1.165) is 18.3 Å². The molecule has 0 saturated heterocycles. The SMILES string of the molecule is CC(=O)O[C@H]1CC[C@]2(C)[C@H]3CC=C4[C@@H]5CC(C)(C)CC[C@]5(C)C[C@@]4(C)[C@]3(C)CC[C@H]2C1(C)C. The molecule has 5 aliphatic carbocycles. The summed E-state index contributed by atoms with van der Waals surface area (Å²) in [5.41, 5.74) is 3.90. The summed E-state index contributed by atoms with van der Waals surface area (Å²) in [5, 5.41) is 0. The maximum Gasteiger partial charge on any atom is 0.302 e. The van der Waals surface area contributed by atoms with Gasteiger partial charge >= 0.3 is 5.97 Å². The van der Waals surface area contributed by atoms with Crippen LogP contribution in [0, 0.1) is 50.2 Å². The molecule has 0 spiro atoms. The molecule has 2 heteroatoms. The first-order valence-corrected chi connectivity index (χ1v) is 14.0. The highest BCUT2D eigenvalue weighted by atomic mass is 16.5. The van der Waals surface area contributed by atoms with Gasteiger partial charge < -0.3 is 4.74 Å². The van der Waals surface area contributed by atoms with Crippen molar-refractivity contribution in [3.8, 4) is 0 Å². The Morgan fingerprint density at radius 1 is 0.909 bits per heavy atom. The predicted octanol–water partition coefficient (Wildman–Crippen LogP) is 8.35. The van der Waals surface area contributed by atoms with Crippen LogP contribution in [-0.4, -0.2) is 12.1 Å². The van der Waals surface area contributed by atoms with E-state index in [1.807, 2.05) is 5.57 Å². The van der Waals surface area contributed by atoms with Gasteiger partial charge in [0.15, 0.2) is 0 Å². The molecule has 33 heavy (non-hydrogen) atoms. The highest BCUT2D eigenvalue weighted by Gasteiger charge is 2.70. The standard InChI is InChI=1S/C31H50O2/c1-20(32)33-25-13-14-29(7)23(27(25,4)5)12-15-30(8)24(29)11-10-21-22-18-26(2,3)16-17-28(22,6)19-31(21,30)9/h10,22-25H,11-19H2,1-9H3/t22-,23-,24+,25-,28+,29-,30+,31+/m0/s1. The van der Waals surface area contributed by atoms with E-state index in [1.165, 1.54) is 51.4 Å². The number of esters is 1. The van der Waals surface area contributed by atoms with Crippen molar-refractivity contribution in [3.63, 3.8) is 0 Å². The van der Waals surface area contributed by atoms with Crippen LogP contribution in [-0.2, 0) is 9.53 Å². The van der Waals surface area contributed by atoms with E-state index in [1.54, 1.807) is 6.92 Å². The van der Waals surface area contributed by atoms with Crippen LogP contribution in [0.15, 0.2) is 11.6 Å². The summed E-state index contributed by atoms with van der Waals surface area (Å²) in [7, 11) is 0. The lowest BCUT2D eigenvalue weighted by molar-refractivity contribution is -0.205. The van der Waals surface area contributed by atoms with Crippen LogP contribution >= 0.6 is 0 Å². The number of carbonyl (C=O) groups excluding carboxylic acids is 1. The van der Waals surface area contributed by atoms with E-state index in [2.05, 4.69) is 61.5 Å². The van der Waals surface area contributed by atoms with Crippen LogP contribution in [0.4, 0.5) is 0 Å². The first kappa shape index (κ1) is 23.9. The Bertz CT molecular complexity index is 881. The normalized spacial score (nSPS) is 52.0. The number of rotatable bonds is 1. The van der Waals surface area contributed by atoms with Gasteiger partial charge in [0.05, 0.1) is 0 Å². The van der Waals surface area contributed by atoms with Gasteiger partial charge in [0.25, 0.3) is 0 Å². The van der Waals surface area contributed by atoms with Gasteiger partial charge in [-0.05, 0) is 103 Å². The summed E-state index contributed by atoms with van der Waals surface area (Å²) in [4.78, 5) is 11.9. The van der Waals surface area contributed by atoms with E-state index in [-0.39, 0.29) is 17.5 Å². The van der Waals surface area contributed by atoms with Gasteiger partial charge in [-0.1, -0.05) is 67.0 Å². The Morgan fingerprint density at radius 2 is 1.61 bits per heavy atom. The van der Waals surface area contributed by atoms with E-state index in [0.29, 0.717) is 33.0 Å². The van der Waals surface area contributed by atoms with Gasteiger partial charge in [-0.3, -0.25) is 4.79 Å². The third-order valence-corrected chi connectivity index (χ3v) is 12.9. The van der Waals surface area contributed by atoms with Crippen LogP contribution in [0.2, 0.25) is 0 Å². The van der Waals surface area contributed by atoms with E-state index in [4.69, 9.17) is 4.74 Å². The van der Waals surface area contributed by atoms with Crippen molar-refractivity contribution >= 4 is 5.97 Å². The van der Waals surface area contributed by atoms with Crippen LogP contribution in [0.25, 0.3) is 0 Å². The zero-order valence-electron chi connectivity index (χ0n) is 23.1. The topological polar surface area (TPSA) is 26.3 Å². The van der Waals surface area contributed by atoms with Crippen molar-refractivity contribution in [2.24, 2.45) is 50.2 Å². The van der Waals surface area contributed by atoms with Crippen molar-refractivity contribution in [3.05, 3.63) is 11.6 Å². The van der Waals surface area contributed by atoms with E-state index in [9.17, 15) is 4.79 Å². The predicted molar refractivity (Wildman–Crippen MR) is 136 cm³/mol. The summed E-state index contributed by atoms with van der Waals surface area (Å²) in [6.07, 6.45) is 14.5. The molecule has 186 valence electrons. The average molecular weight is 455 g/mol. The third kappa shape index (κ3) is 3.07. The zero-order valence-corrected chi connectivity index (χ0v) is 23.1. The molecule has 2 nitrogen and oxygen atoms in total. The smallest absolute Gasteiger partial charge is 0.302 e. The summed E-state index contributed by atoms with van der Waals surface area (Å²) < 4.78 is 5.90. The molecule has 5 rings (SSSR count). The molecule has 0 radical (unpaired) electrons. The molecule has 0 aromatic carbocycles. The number of allylic oxidation sites excluding steroid dienone is 2. The summed E-state index contributed by atoms with van der Waals surface area (Å²) in [6, 6.07) is 0. The van der Waals surface area contributed by atoms with E-state index >= 15 is 0 Å². The summed E-state index contributed by atoms with van der Waals surface area (Å²) >= 11 is 0. The Hall–Kier alpha value is -0.790. The van der Waals surface area contributed by atoms with Crippen molar-refractivity contribution in [1.82, 2.24) is 0 Å². The van der Waals surface area contributed by atoms with Crippen LogP contribution in [0.3, 0.4) is 0 Å². The fraction of sp³-hybridized carbons (Fsp3) is 0.903. The van der Waals surface area contributed by atoms with Crippen molar-refractivity contribution in [1.29, 1.82) is 0 Å². The largest absolute Gasteiger partial charge is 0.462 e. The Balaban J connectivity index is 1.53. The monoisotopic (exact) mass is 454 g/mol. The van der Waals surface area contributed by atoms with Gasteiger partial charge in [-0.25, -0.2) is 0 Å². The first-order chi connectivity index (χ1) is 15.1. The average Bonchev–Trinajstić information content (AvgIpc) is 2.91. The molecule has 0 aliphatic heterocycles. The van der Waals surface area contributed by atoms with Crippen molar-refractivity contribution in [2.45, 2.75) is 126 Å². The molecule has 4 fully saturated rings. The minimum absolute atomic E-state index is 0.0462. The van der Waals surface area contributed by atoms with E-state index < -0.39 is 0 Å². The molecule has 0 N–H and O–H groups in total. The number of hydrogen-bond acceptors (Lipinski definition) is 2. The third-order valence-electron chi connectivity index (χ3n) is 12.9. The first-order valence-electron chi connectivity index (χ1n) is 14.0. The Morgan fingerprint density at radius 3 is 2.27 bits per heavy atom. The molecule has 8 atom stereocenters. The van der Waals surface area contributed by atoms with Gasteiger partial charge in [0.1, 0.15) is 6.10 Å². The van der Waals surface area contributed by atoms with Crippen molar-refractivity contribution in [2.75, 3.05) is 0 Å². The molecule has 4 saturated carbocycles. The number of carbonyl (C=O) groups is 1. The lowest BCUT2D eigenvalue weighted by Crippen LogP contribution is -2.62. The number of hydrogen-bond donors (Lipinski definition) is 0. The number of fused-ring (bicyclic) bond motifs is 7. The van der Waals surface area contributed by atoms with Gasteiger partial charge in [0, 0.05) is 12.3 Å². The fourth-order valence-electron chi connectivity index (χ4n) is 11.0. The lowest BCUT2D eigenvalue weighted by atomic mass is 9.37. The van der Waals surface area contributed by atoms with Gasteiger partial charge in [0.2, 0.25) is 0 Å². The minimum atomic E-state index is -0.111. The molecule has 0 aromatic heterocycles. The highest BCUT2D eigenvalue weighted by molar-refractivity contribution is 5.66. The number of ether oxygens (including phenoxy) is 1. The minimum Gasteiger partial charge on any atom is -0.462 e. The molecule has 0 aromatic rings. The fourth-order valence-corrected chi connectivity index (χ4v) is 11.0. The second-order valence-electron chi connectivity index (χ2n) is 15.5. The molecule has 0 heterocycles. The van der Waals surface area contributed by atoms with Crippen LogP contribution in [0.5, 0.6) is 0 Å².